The highest BCUT2D eigenvalue weighted by atomic mass is 79.9. The van der Waals surface area contributed by atoms with Gasteiger partial charge in [0, 0.05) is 35.5 Å². The van der Waals surface area contributed by atoms with E-state index in [1.807, 2.05) is 29.2 Å². The highest BCUT2D eigenvalue weighted by Gasteiger charge is 2.24. The van der Waals surface area contributed by atoms with Gasteiger partial charge in [0.1, 0.15) is 11.4 Å². The lowest BCUT2D eigenvalue weighted by molar-refractivity contribution is 0.100. The number of benzene rings is 1. The molecular formula is C17H19BrN6O3. The molecule has 1 aliphatic heterocycles. The summed E-state index contributed by atoms with van der Waals surface area (Å²) in [6, 6.07) is 7.22. The molecule has 2 heterocycles. The van der Waals surface area contributed by atoms with Gasteiger partial charge in [0.2, 0.25) is 5.95 Å². The molecule has 0 spiro atoms. The van der Waals surface area contributed by atoms with Gasteiger partial charge in [-0.05, 0) is 31.0 Å². The number of nitrogens with zero attached hydrogens (tertiary/aromatic N) is 3. The number of hydrogen-bond donors (Lipinski definition) is 4. The third-order valence-electron chi connectivity index (χ3n) is 4.16. The van der Waals surface area contributed by atoms with Gasteiger partial charge in [-0.3, -0.25) is 4.79 Å². The Morgan fingerprint density at radius 3 is 2.89 bits per heavy atom. The summed E-state index contributed by atoms with van der Waals surface area (Å²) in [5, 5.41) is 14.5. The summed E-state index contributed by atoms with van der Waals surface area (Å²) in [5.74, 6) is 0.0800. The Hall–Kier alpha value is -2.88. The van der Waals surface area contributed by atoms with Gasteiger partial charge in [-0.25, -0.2) is 9.78 Å². The summed E-state index contributed by atoms with van der Waals surface area (Å²) in [5.41, 5.74) is 6.36. The Bertz CT molecular complexity index is 862. The predicted octanol–water partition coefficient (Wildman–Crippen LogP) is 2.32. The molecule has 9 nitrogen and oxygen atoms in total. The monoisotopic (exact) mass is 434 g/mol. The molecule has 2 amide bonds. The SMILES string of the molecule is NC(=O)c1cnc(N2CCCC(NC(=O)O)C2)nc1Nc1cccc(Br)c1. The second-order valence-corrected chi connectivity index (χ2v) is 7.08. The number of carboxylic acid groups (broad SMARTS) is 1. The third-order valence-corrected chi connectivity index (χ3v) is 4.65. The van der Waals surface area contributed by atoms with Crippen molar-refractivity contribution in [1.82, 2.24) is 15.3 Å². The molecular weight excluding hydrogens is 416 g/mol. The zero-order valence-corrected chi connectivity index (χ0v) is 15.9. The van der Waals surface area contributed by atoms with E-state index in [2.05, 4.69) is 36.5 Å². The van der Waals surface area contributed by atoms with Crippen LogP contribution in [-0.4, -0.2) is 46.2 Å². The lowest BCUT2D eigenvalue weighted by atomic mass is 10.1. The largest absolute Gasteiger partial charge is 0.465 e. The summed E-state index contributed by atoms with van der Waals surface area (Å²) < 4.78 is 0.876. The van der Waals surface area contributed by atoms with Gasteiger partial charge in [-0.15, -0.1) is 0 Å². The van der Waals surface area contributed by atoms with Crippen LogP contribution in [0.15, 0.2) is 34.9 Å². The van der Waals surface area contributed by atoms with Gasteiger partial charge >= 0.3 is 6.09 Å². The number of nitrogens with two attached hydrogens (primary N) is 1. The van der Waals surface area contributed by atoms with E-state index in [9.17, 15) is 9.59 Å². The molecule has 10 heteroatoms. The van der Waals surface area contributed by atoms with Crippen LogP contribution in [0.1, 0.15) is 23.2 Å². The first-order valence-electron chi connectivity index (χ1n) is 8.36. The number of carbonyl (C=O) groups is 2. The summed E-state index contributed by atoms with van der Waals surface area (Å²) in [7, 11) is 0. The van der Waals surface area contributed by atoms with E-state index in [0.29, 0.717) is 24.9 Å². The smallest absolute Gasteiger partial charge is 0.404 e. The number of carbonyl (C=O) groups excluding carboxylic acids is 1. The molecule has 142 valence electrons. The van der Waals surface area contributed by atoms with Crippen molar-refractivity contribution in [2.45, 2.75) is 18.9 Å². The van der Waals surface area contributed by atoms with Gasteiger partial charge in [0.15, 0.2) is 0 Å². The van der Waals surface area contributed by atoms with Crippen molar-refractivity contribution in [2.75, 3.05) is 23.3 Å². The van der Waals surface area contributed by atoms with E-state index in [-0.39, 0.29) is 11.6 Å². The molecule has 27 heavy (non-hydrogen) atoms. The van der Waals surface area contributed by atoms with E-state index in [4.69, 9.17) is 10.8 Å². The lowest BCUT2D eigenvalue weighted by Crippen LogP contribution is -2.48. The number of rotatable bonds is 5. The molecule has 2 aromatic rings. The molecule has 1 unspecified atom stereocenters. The molecule has 5 N–H and O–H groups in total. The van der Waals surface area contributed by atoms with Gasteiger partial charge < -0.3 is 26.4 Å². The second-order valence-electron chi connectivity index (χ2n) is 6.17. The highest BCUT2D eigenvalue weighted by molar-refractivity contribution is 9.10. The zero-order chi connectivity index (χ0) is 19.4. The van der Waals surface area contributed by atoms with E-state index in [1.54, 1.807) is 0 Å². The number of amides is 2. The number of aromatic nitrogens is 2. The minimum absolute atomic E-state index is 0.177. The topological polar surface area (TPSA) is 133 Å². The number of hydrogen-bond acceptors (Lipinski definition) is 6. The van der Waals surface area contributed by atoms with Crippen LogP contribution in [0.2, 0.25) is 0 Å². The molecule has 0 saturated carbocycles. The first kappa shape index (κ1) is 18.9. The van der Waals surface area contributed by atoms with Crippen LogP contribution in [0.5, 0.6) is 0 Å². The molecule has 1 atom stereocenters. The number of anilines is 3. The molecule has 1 saturated heterocycles. The number of piperidine rings is 1. The van der Waals surface area contributed by atoms with Gasteiger partial charge in [0.05, 0.1) is 0 Å². The minimum atomic E-state index is -1.05. The van der Waals surface area contributed by atoms with Crippen molar-refractivity contribution in [2.24, 2.45) is 5.73 Å². The van der Waals surface area contributed by atoms with Crippen molar-refractivity contribution in [3.8, 4) is 0 Å². The van der Waals surface area contributed by atoms with Crippen LogP contribution < -0.4 is 21.3 Å². The Kier molecular flexibility index (Phi) is 5.75. The Morgan fingerprint density at radius 2 is 2.19 bits per heavy atom. The lowest BCUT2D eigenvalue weighted by Gasteiger charge is -2.32. The fourth-order valence-corrected chi connectivity index (χ4v) is 3.35. The second kappa shape index (κ2) is 8.21. The average molecular weight is 435 g/mol. The van der Waals surface area contributed by atoms with Crippen LogP contribution >= 0.6 is 15.9 Å². The minimum Gasteiger partial charge on any atom is -0.465 e. The molecule has 1 fully saturated rings. The summed E-state index contributed by atoms with van der Waals surface area (Å²) in [6.07, 6.45) is 1.90. The summed E-state index contributed by atoms with van der Waals surface area (Å²) in [4.78, 5) is 33.2. The van der Waals surface area contributed by atoms with Crippen molar-refractivity contribution >= 4 is 45.4 Å². The maximum absolute atomic E-state index is 11.7. The molecule has 0 aliphatic carbocycles. The maximum Gasteiger partial charge on any atom is 0.404 e. The first-order valence-corrected chi connectivity index (χ1v) is 9.15. The van der Waals surface area contributed by atoms with Crippen LogP contribution in [0.3, 0.4) is 0 Å². The average Bonchev–Trinajstić information content (AvgIpc) is 2.61. The van der Waals surface area contributed by atoms with Gasteiger partial charge in [0.25, 0.3) is 5.91 Å². The van der Waals surface area contributed by atoms with Crippen LogP contribution in [0.25, 0.3) is 0 Å². The normalized spacial score (nSPS) is 16.6. The quantitative estimate of drug-likeness (QED) is 0.566. The van der Waals surface area contributed by atoms with Crippen LogP contribution in [0.4, 0.5) is 22.2 Å². The zero-order valence-electron chi connectivity index (χ0n) is 14.4. The number of primary amides is 1. The highest BCUT2D eigenvalue weighted by Crippen LogP contribution is 2.24. The Balaban J connectivity index is 1.86. The van der Waals surface area contributed by atoms with Crippen molar-refractivity contribution in [3.63, 3.8) is 0 Å². The van der Waals surface area contributed by atoms with Crippen molar-refractivity contribution < 1.29 is 14.7 Å². The number of nitrogens with one attached hydrogen (secondary N) is 2. The molecule has 3 rings (SSSR count). The summed E-state index contributed by atoms with van der Waals surface area (Å²) in [6.45, 7) is 1.16. The number of halogens is 1. The predicted molar refractivity (Wildman–Crippen MR) is 104 cm³/mol. The van der Waals surface area contributed by atoms with E-state index in [0.717, 1.165) is 23.0 Å². The van der Waals surface area contributed by atoms with Crippen LogP contribution in [0, 0.1) is 0 Å². The van der Waals surface area contributed by atoms with E-state index in [1.165, 1.54) is 6.20 Å². The van der Waals surface area contributed by atoms with Crippen molar-refractivity contribution in [1.29, 1.82) is 0 Å². The van der Waals surface area contributed by atoms with Gasteiger partial charge in [-0.1, -0.05) is 22.0 Å². The Morgan fingerprint density at radius 1 is 1.37 bits per heavy atom. The third kappa shape index (κ3) is 4.85. The van der Waals surface area contributed by atoms with Crippen molar-refractivity contribution in [3.05, 3.63) is 40.5 Å². The molecule has 0 bridgehead atoms. The van der Waals surface area contributed by atoms with E-state index >= 15 is 0 Å². The van der Waals surface area contributed by atoms with E-state index < -0.39 is 12.0 Å². The molecule has 0 radical (unpaired) electrons. The van der Waals surface area contributed by atoms with Crippen LogP contribution in [-0.2, 0) is 0 Å². The fourth-order valence-electron chi connectivity index (χ4n) is 2.95. The maximum atomic E-state index is 11.7. The van der Waals surface area contributed by atoms with Gasteiger partial charge in [-0.2, -0.15) is 4.98 Å². The standard InChI is InChI=1S/C17H19BrN6O3/c18-10-3-1-4-11(7-10)21-15-13(14(19)25)8-20-16(23-15)24-6-2-5-12(9-24)22-17(26)27/h1,3-4,7-8,12,22H,2,5-6,9H2,(H2,19,25)(H,26,27)(H,20,21,23). The molecule has 1 aliphatic rings. The Labute approximate surface area is 164 Å². The first-order chi connectivity index (χ1) is 12.9. The fraction of sp³-hybridized carbons (Fsp3) is 0.294. The molecule has 1 aromatic heterocycles. The summed E-state index contributed by atoms with van der Waals surface area (Å²) >= 11 is 3.40. The molecule has 1 aromatic carbocycles.